The molecule has 0 aliphatic rings. The molecule has 1 aromatic carbocycles. The van der Waals surface area contributed by atoms with E-state index in [2.05, 4.69) is 61.5 Å². The Balaban J connectivity index is 2.28. The van der Waals surface area contributed by atoms with Gasteiger partial charge in [-0.25, -0.2) is 4.68 Å². The molecule has 0 spiro atoms. The Kier molecular flexibility index (Phi) is 4.15. The number of nitrogens with zero attached hydrogens (tertiary/aromatic N) is 2. The van der Waals surface area contributed by atoms with Gasteiger partial charge in [0, 0.05) is 12.7 Å². The van der Waals surface area contributed by atoms with Gasteiger partial charge < -0.3 is 5.32 Å². The van der Waals surface area contributed by atoms with Crippen LogP contribution in [-0.4, -0.2) is 16.3 Å². The third kappa shape index (κ3) is 2.79. The second-order valence-electron chi connectivity index (χ2n) is 4.75. The first-order valence-corrected chi connectivity index (χ1v) is 6.57. The Morgan fingerprint density at radius 2 is 2.00 bits per heavy atom. The zero-order valence-electron chi connectivity index (χ0n) is 11.4. The summed E-state index contributed by atoms with van der Waals surface area (Å²) in [7, 11) is 0. The summed E-state index contributed by atoms with van der Waals surface area (Å²) in [4.78, 5) is 0. The van der Waals surface area contributed by atoms with Gasteiger partial charge in [0.1, 0.15) is 0 Å². The summed E-state index contributed by atoms with van der Waals surface area (Å²) in [6.45, 7) is 8.32. The van der Waals surface area contributed by atoms with Crippen molar-refractivity contribution < 1.29 is 0 Å². The summed E-state index contributed by atoms with van der Waals surface area (Å²) < 4.78 is 1.97. The van der Waals surface area contributed by atoms with Crippen molar-refractivity contribution >= 4 is 0 Å². The highest BCUT2D eigenvalue weighted by Crippen LogP contribution is 2.22. The Hall–Kier alpha value is -1.61. The summed E-state index contributed by atoms with van der Waals surface area (Å²) in [6, 6.07) is 10.5. The Labute approximate surface area is 109 Å². The first-order chi connectivity index (χ1) is 8.72. The van der Waals surface area contributed by atoms with E-state index in [9.17, 15) is 0 Å². The number of aromatic nitrogens is 2. The number of hydrogen-bond acceptors (Lipinski definition) is 2. The standard InChI is InChI=1S/C15H21N3/c1-4-16-11-13-9-10-18(17-13)15-8-6-5-7-14(15)12(2)3/h5-10,12,16H,4,11H2,1-3H3. The third-order valence-corrected chi connectivity index (χ3v) is 3.01. The molecule has 2 aromatic rings. The van der Waals surface area contributed by atoms with Crippen LogP contribution in [0, 0.1) is 0 Å². The SMILES string of the molecule is CCNCc1ccn(-c2ccccc2C(C)C)n1. The molecule has 3 heteroatoms. The molecule has 0 aliphatic carbocycles. The maximum Gasteiger partial charge on any atom is 0.0766 e. The molecule has 18 heavy (non-hydrogen) atoms. The van der Waals surface area contributed by atoms with Gasteiger partial charge >= 0.3 is 0 Å². The van der Waals surface area contributed by atoms with Crippen molar-refractivity contribution in [2.45, 2.75) is 33.2 Å². The molecule has 2 rings (SSSR count). The zero-order valence-corrected chi connectivity index (χ0v) is 11.4. The highest BCUT2D eigenvalue weighted by Gasteiger charge is 2.08. The summed E-state index contributed by atoms with van der Waals surface area (Å²) in [5, 5.41) is 7.91. The lowest BCUT2D eigenvalue weighted by atomic mass is 10.0. The highest BCUT2D eigenvalue weighted by molar-refractivity contribution is 5.42. The van der Waals surface area contributed by atoms with E-state index in [1.54, 1.807) is 0 Å². The van der Waals surface area contributed by atoms with E-state index in [0.717, 1.165) is 18.8 Å². The van der Waals surface area contributed by atoms with E-state index in [0.29, 0.717) is 5.92 Å². The van der Waals surface area contributed by atoms with Crippen molar-refractivity contribution in [3.8, 4) is 5.69 Å². The molecule has 0 bridgehead atoms. The van der Waals surface area contributed by atoms with Gasteiger partial charge in [0.25, 0.3) is 0 Å². The van der Waals surface area contributed by atoms with Crippen molar-refractivity contribution in [3.05, 3.63) is 47.8 Å². The number of rotatable bonds is 5. The van der Waals surface area contributed by atoms with E-state index < -0.39 is 0 Å². The van der Waals surface area contributed by atoms with Crippen molar-refractivity contribution in [2.75, 3.05) is 6.54 Å². The minimum atomic E-state index is 0.502. The molecular weight excluding hydrogens is 222 g/mol. The van der Waals surface area contributed by atoms with Gasteiger partial charge in [-0.15, -0.1) is 0 Å². The van der Waals surface area contributed by atoms with Gasteiger partial charge in [0.05, 0.1) is 11.4 Å². The molecule has 3 nitrogen and oxygen atoms in total. The number of para-hydroxylation sites is 1. The predicted octanol–water partition coefficient (Wildman–Crippen LogP) is 3.11. The van der Waals surface area contributed by atoms with Gasteiger partial charge in [-0.05, 0) is 30.2 Å². The smallest absolute Gasteiger partial charge is 0.0766 e. The number of benzene rings is 1. The highest BCUT2D eigenvalue weighted by atomic mass is 15.3. The molecule has 96 valence electrons. The lowest BCUT2D eigenvalue weighted by molar-refractivity contribution is 0.694. The van der Waals surface area contributed by atoms with E-state index in [1.807, 2.05) is 10.9 Å². The average Bonchev–Trinajstić information content (AvgIpc) is 2.85. The van der Waals surface area contributed by atoms with Crippen LogP contribution in [0.15, 0.2) is 36.5 Å². The monoisotopic (exact) mass is 243 g/mol. The van der Waals surface area contributed by atoms with Crippen LogP contribution in [0.3, 0.4) is 0 Å². The molecule has 1 aromatic heterocycles. The van der Waals surface area contributed by atoms with E-state index in [-0.39, 0.29) is 0 Å². The van der Waals surface area contributed by atoms with Gasteiger partial charge in [-0.1, -0.05) is 39.0 Å². The van der Waals surface area contributed by atoms with Crippen LogP contribution in [0.2, 0.25) is 0 Å². The van der Waals surface area contributed by atoms with E-state index in [1.165, 1.54) is 11.3 Å². The van der Waals surface area contributed by atoms with Crippen LogP contribution in [0.4, 0.5) is 0 Å². The minimum Gasteiger partial charge on any atom is -0.311 e. The van der Waals surface area contributed by atoms with Gasteiger partial charge in [-0.2, -0.15) is 5.10 Å². The molecule has 0 unspecified atom stereocenters. The molecular formula is C15H21N3. The average molecular weight is 243 g/mol. The van der Waals surface area contributed by atoms with E-state index >= 15 is 0 Å². The fourth-order valence-corrected chi connectivity index (χ4v) is 2.03. The van der Waals surface area contributed by atoms with Crippen LogP contribution in [0.1, 0.15) is 37.9 Å². The fourth-order valence-electron chi connectivity index (χ4n) is 2.03. The number of hydrogen-bond donors (Lipinski definition) is 1. The van der Waals surface area contributed by atoms with Crippen molar-refractivity contribution in [3.63, 3.8) is 0 Å². The second-order valence-corrected chi connectivity index (χ2v) is 4.75. The molecule has 0 fully saturated rings. The molecule has 0 radical (unpaired) electrons. The maximum absolute atomic E-state index is 4.62. The zero-order chi connectivity index (χ0) is 13.0. The van der Waals surface area contributed by atoms with Crippen LogP contribution < -0.4 is 5.32 Å². The van der Waals surface area contributed by atoms with Crippen LogP contribution >= 0.6 is 0 Å². The molecule has 0 amide bonds. The summed E-state index contributed by atoms with van der Waals surface area (Å²) in [5.41, 5.74) is 3.58. The second kappa shape index (κ2) is 5.83. The molecule has 0 saturated heterocycles. The summed E-state index contributed by atoms with van der Waals surface area (Å²) in [6.07, 6.45) is 2.04. The van der Waals surface area contributed by atoms with Crippen molar-refractivity contribution in [2.24, 2.45) is 0 Å². The van der Waals surface area contributed by atoms with Crippen LogP contribution in [0.5, 0.6) is 0 Å². The van der Waals surface area contributed by atoms with E-state index in [4.69, 9.17) is 0 Å². The fraction of sp³-hybridized carbons (Fsp3) is 0.400. The topological polar surface area (TPSA) is 29.9 Å². The normalized spacial score (nSPS) is 11.1. The van der Waals surface area contributed by atoms with Gasteiger partial charge in [0.15, 0.2) is 0 Å². The van der Waals surface area contributed by atoms with Gasteiger partial charge in [-0.3, -0.25) is 0 Å². The predicted molar refractivity (Wildman–Crippen MR) is 75.0 cm³/mol. The summed E-state index contributed by atoms with van der Waals surface area (Å²) in [5.74, 6) is 0.502. The molecule has 1 N–H and O–H groups in total. The van der Waals surface area contributed by atoms with Crippen LogP contribution in [0.25, 0.3) is 5.69 Å². The van der Waals surface area contributed by atoms with Gasteiger partial charge in [0.2, 0.25) is 0 Å². The molecule has 0 saturated carbocycles. The Bertz CT molecular complexity index is 500. The third-order valence-electron chi connectivity index (χ3n) is 3.01. The van der Waals surface area contributed by atoms with Crippen LogP contribution in [-0.2, 0) is 6.54 Å². The lowest BCUT2D eigenvalue weighted by Crippen LogP contribution is -2.12. The first-order valence-electron chi connectivity index (χ1n) is 6.57. The minimum absolute atomic E-state index is 0.502. The summed E-state index contributed by atoms with van der Waals surface area (Å²) >= 11 is 0. The Morgan fingerprint density at radius 1 is 1.22 bits per heavy atom. The maximum atomic E-state index is 4.62. The number of nitrogens with one attached hydrogen (secondary N) is 1. The van der Waals surface area contributed by atoms with Crippen molar-refractivity contribution in [1.82, 2.24) is 15.1 Å². The molecule has 1 heterocycles. The molecule has 0 atom stereocenters. The quantitative estimate of drug-likeness (QED) is 0.874. The largest absolute Gasteiger partial charge is 0.311 e. The molecule has 0 aliphatic heterocycles. The Morgan fingerprint density at radius 3 is 2.72 bits per heavy atom. The lowest BCUT2D eigenvalue weighted by Gasteiger charge is -2.12. The first kappa shape index (κ1) is 12.8. The van der Waals surface area contributed by atoms with Crippen molar-refractivity contribution in [1.29, 1.82) is 0 Å².